The van der Waals surface area contributed by atoms with Crippen molar-refractivity contribution < 1.29 is 9.47 Å². The molecule has 0 aliphatic rings. The molecule has 0 radical (unpaired) electrons. The van der Waals surface area contributed by atoms with Crippen LogP contribution in [-0.4, -0.2) is 17.3 Å². The fraction of sp³-hybridized carbons (Fsp3) is 0.111. The van der Waals surface area contributed by atoms with E-state index in [1.54, 1.807) is 43.5 Å². The van der Waals surface area contributed by atoms with Crippen molar-refractivity contribution in [1.82, 2.24) is 10.2 Å². The number of nitrogens with one attached hydrogen (secondary N) is 1. The molecule has 0 saturated carbocycles. The molecule has 0 aliphatic heterocycles. The SMILES string of the molecule is COc1cc(Cc2ccc(=O)[nH]n2)cc(Oc2ccc(Cl)cc2)c1. The first kappa shape index (κ1) is 16.1. The number of halogens is 1. The minimum Gasteiger partial charge on any atom is -0.497 e. The van der Waals surface area contributed by atoms with Crippen molar-refractivity contribution in [2.75, 3.05) is 7.11 Å². The lowest BCUT2D eigenvalue weighted by atomic mass is 10.1. The summed E-state index contributed by atoms with van der Waals surface area (Å²) < 4.78 is 11.2. The summed E-state index contributed by atoms with van der Waals surface area (Å²) in [4.78, 5) is 11.1. The third-order valence-corrected chi connectivity index (χ3v) is 3.60. The quantitative estimate of drug-likeness (QED) is 0.765. The van der Waals surface area contributed by atoms with Crippen LogP contribution in [0.4, 0.5) is 0 Å². The van der Waals surface area contributed by atoms with E-state index in [0.29, 0.717) is 28.7 Å². The molecular formula is C18H15ClN2O3. The van der Waals surface area contributed by atoms with Crippen LogP contribution in [0.3, 0.4) is 0 Å². The number of aromatic nitrogens is 2. The van der Waals surface area contributed by atoms with Crippen LogP contribution in [0.25, 0.3) is 0 Å². The average molecular weight is 343 g/mol. The zero-order valence-corrected chi connectivity index (χ0v) is 13.7. The normalized spacial score (nSPS) is 10.4. The van der Waals surface area contributed by atoms with Gasteiger partial charge >= 0.3 is 0 Å². The highest BCUT2D eigenvalue weighted by Gasteiger charge is 2.06. The van der Waals surface area contributed by atoms with Crippen LogP contribution in [-0.2, 0) is 6.42 Å². The fourth-order valence-corrected chi connectivity index (χ4v) is 2.36. The molecule has 24 heavy (non-hydrogen) atoms. The van der Waals surface area contributed by atoms with Gasteiger partial charge in [-0.25, -0.2) is 5.10 Å². The summed E-state index contributed by atoms with van der Waals surface area (Å²) in [7, 11) is 1.60. The number of benzene rings is 2. The number of methoxy groups -OCH3 is 1. The van der Waals surface area contributed by atoms with E-state index in [2.05, 4.69) is 10.2 Å². The Balaban J connectivity index is 1.85. The number of H-pyrrole nitrogens is 1. The molecule has 0 aliphatic carbocycles. The molecule has 0 bridgehead atoms. The number of nitrogens with zero attached hydrogens (tertiary/aromatic N) is 1. The Morgan fingerprint density at radius 1 is 1.00 bits per heavy atom. The number of aromatic amines is 1. The second kappa shape index (κ2) is 7.19. The maximum Gasteiger partial charge on any atom is 0.264 e. The Kier molecular flexibility index (Phi) is 4.82. The van der Waals surface area contributed by atoms with Crippen molar-refractivity contribution in [3.05, 3.63) is 81.2 Å². The zero-order chi connectivity index (χ0) is 16.9. The summed E-state index contributed by atoms with van der Waals surface area (Å²) in [5.41, 5.74) is 1.48. The van der Waals surface area contributed by atoms with Gasteiger partial charge < -0.3 is 9.47 Å². The van der Waals surface area contributed by atoms with Gasteiger partial charge in [-0.1, -0.05) is 11.6 Å². The minimum absolute atomic E-state index is 0.226. The van der Waals surface area contributed by atoms with Crippen LogP contribution >= 0.6 is 11.6 Å². The van der Waals surface area contributed by atoms with Crippen LogP contribution in [0.5, 0.6) is 17.2 Å². The van der Waals surface area contributed by atoms with E-state index in [4.69, 9.17) is 21.1 Å². The van der Waals surface area contributed by atoms with Gasteiger partial charge in [0.05, 0.1) is 12.8 Å². The Hall–Kier alpha value is -2.79. The molecule has 1 N–H and O–H groups in total. The largest absolute Gasteiger partial charge is 0.497 e. The minimum atomic E-state index is -0.226. The van der Waals surface area contributed by atoms with Crippen LogP contribution in [0.15, 0.2) is 59.4 Å². The van der Waals surface area contributed by atoms with Crippen molar-refractivity contribution >= 4 is 11.6 Å². The first-order valence-electron chi connectivity index (χ1n) is 7.28. The van der Waals surface area contributed by atoms with Crippen molar-refractivity contribution in [3.8, 4) is 17.2 Å². The third kappa shape index (κ3) is 4.14. The van der Waals surface area contributed by atoms with E-state index < -0.39 is 0 Å². The second-order valence-electron chi connectivity index (χ2n) is 5.16. The molecule has 0 spiro atoms. The Bertz CT molecular complexity index is 871. The summed E-state index contributed by atoms with van der Waals surface area (Å²) in [6.45, 7) is 0. The third-order valence-electron chi connectivity index (χ3n) is 3.35. The van der Waals surface area contributed by atoms with E-state index in [0.717, 1.165) is 11.3 Å². The molecule has 0 unspecified atom stereocenters. The van der Waals surface area contributed by atoms with Crippen molar-refractivity contribution in [1.29, 1.82) is 0 Å². The first-order valence-corrected chi connectivity index (χ1v) is 7.66. The second-order valence-corrected chi connectivity index (χ2v) is 5.60. The van der Waals surface area contributed by atoms with Gasteiger partial charge in [-0.3, -0.25) is 4.79 Å². The molecule has 5 nitrogen and oxygen atoms in total. The Labute approximate surface area is 143 Å². The molecule has 2 aromatic carbocycles. The maximum absolute atomic E-state index is 11.1. The Morgan fingerprint density at radius 2 is 1.75 bits per heavy atom. The van der Waals surface area contributed by atoms with Gasteiger partial charge in [0.2, 0.25) is 0 Å². The van der Waals surface area contributed by atoms with Gasteiger partial charge in [0.25, 0.3) is 5.56 Å². The summed E-state index contributed by atoms with van der Waals surface area (Å²) >= 11 is 5.88. The molecule has 0 saturated heterocycles. The van der Waals surface area contributed by atoms with Crippen LogP contribution in [0.2, 0.25) is 5.02 Å². The smallest absolute Gasteiger partial charge is 0.264 e. The molecular weight excluding hydrogens is 328 g/mol. The van der Waals surface area contributed by atoms with Crippen LogP contribution < -0.4 is 15.0 Å². The summed E-state index contributed by atoms with van der Waals surface area (Å²) in [5, 5.41) is 7.10. The predicted octanol–water partition coefficient (Wildman–Crippen LogP) is 3.82. The van der Waals surface area contributed by atoms with Crippen molar-refractivity contribution in [2.24, 2.45) is 0 Å². The number of hydrogen-bond donors (Lipinski definition) is 1. The lowest BCUT2D eigenvalue weighted by molar-refractivity contribution is 0.408. The predicted molar refractivity (Wildman–Crippen MR) is 92.2 cm³/mol. The molecule has 122 valence electrons. The molecule has 1 aromatic heterocycles. The maximum atomic E-state index is 11.1. The van der Waals surface area contributed by atoms with Crippen molar-refractivity contribution in [2.45, 2.75) is 6.42 Å². The lowest BCUT2D eigenvalue weighted by Gasteiger charge is -2.10. The zero-order valence-electron chi connectivity index (χ0n) is 13.0. The average Bonchev–Trinajstić information content (AvgIpc) is 2.59. The number of ether oxygens (including phenoxy) is 2. The highest BCUT2D eigenvalue weighted by Crippen LogP contribution is 2.28. The van der Waals surface area contributed by atoms with E-state index in [-0.39, 0.29) is 5.56 Å². The van der Waals surface area contributed by atoms with Gasteiger partial charge in [-0.2, -0.15) is 5.10 Å². The summed E-state index contributed by atoms with van der Waals surface area (Å²) in [6.07, 6.45) is 0.547. The van der Waals surface area contributed by atoms with Crippen molar-refractivity contribution in [3.63, 3.8) is 0 Å². The van der Waals surface area contributed by atoms with Crippen LogP contribution in [0.1, 0.15) is 11.3 Å². The van der Waals surface area contributed by atoms with E-state index in [1.807, 2.05) is 12.1 Å². The summed E-state index contributed by atoms with van der Waals surface area (Å²) in [5.74, 6) is 2.01. The van der Waals surface area contributed by atoms with E-state index in [1.165, 1.54) is 6.07 Å². The topological polar surface area (TPSA) is 64.2 Å². The molecule has 3 aromatic rings. The van der Waals surface area contributed by atoms with Gasteiger partial charge in [-0.05, 0) is 48.0 Å². The lowest BCUT2D eigenvalue weighted by Crippen LogP contribution is -2.07. The number of hydrogen-bond acceptors (Lipinski definition) is 4. The molecule has 1 heterocycles. The van der Waals surface area contributed by atoms with Gasteiger partial charge in [0, 0.05) is 23.6 Å². The Morgan fingerprint density at radius 3 is 2.42 bits per heavy atom. The first-order chi connectivity index (χ1) is 11.6. The molecule has 0 amide bonds. The number of rotatable bonds is 5. The van der Waals surface area contributed by atoms with Gasteiger partial charge in [0.15, 0.2) is 0 Å². The van der Waals surface area contributed by atoms with Gasteiger partial charge in [0.1, 0.15) is 17.2 Å². The molecule has 6 heteroatoms. The molecule has 0 fully saturated rings. The van der Waals surface area contributed by atoms with E-state index in [9.17, 15) is 4.79 Å². The highest BCUT2D eigenvalue weighted by atomic mass is 35.5. The fourth-order valence-electron chi connectivity index (χ4n) is 2.23. The molecule has 0 atom stereocenters. The monoisotopic (exact) mass is 342 g/mol. The summed E-state index contributed by atoms with van der Waals surface area (Å²) in [6, 6.07) is 15.9. The highest BCUT2D eigenvalue weighted by molar-refractivity contribution is 6.30. The van der Waals surface area contributed by atoms with E-state index >= 15 is 0 Å². The molecule has 3 rings (SSSR count). The standard InChI is InChI=1S/C18H15ClN2O3/c1-23-16-9-12(8-14-4-7-18(22)21-20-14)10-17(11-16)24-15-5-2-13(19)3-6-15/h2-7,9-11H,8H2,1H3,(H,21,22). The van der Waals surface area contributed by atoms with Crippen LogP contribution in [0, 0.1) is 0 Å². The van der Waals surface area contributed by atoms with Gasteiger partial charge in [-0.15, -0.1) is 0 Å².